The van der Waals surface area contributed by atoms with E-state index in [0.717, 1.165) is 38.9 Å². The second-order valence-electron chi connectivity index (χ2n) is 6.02. The lowest BCUT2D eigenvalue weighted by Gasteiger charge is -2.44. The lowest BCUT2D eigenvalue weighted by molar-refractivity contribution is -0.159. The van der Waals surface area contributed by atoms with Gasteiger partial charge in [0.25, 0.3) is 0 Å². The van der Waals surface area contributed by atoms with Crippen molar-refractivity contribution < 1.29 is 19.0 Å². The van der Waals surface area contributed by atoms with E-state index in [2.05, 4.69) is 15.9 Å². The summed E-state index contributed by atoms with van der Waals surface area (Å²) in [6.07, 6.45) is 2.74. The highest BCUT2D eigenvalue weighted by Crippen LogP contribution is 2.42. The molecule has 0 aliphatic carbocycles. The number of aliphatic hydroxyl groups is 1. The largest absolute Gasteiger partial charge is 0.388 e. The topological polar surface area (TPSA) is 38.7 Å². The van der Waals surface area contributed by atoms with Gasteiger partial charge in [0.1, 0.15) is 5.82 Å². The maximum Gasteiger partial charge on any atom is 0.137 e. The molecule has 1 N–H and O–H groups in total. The van der Waals surface area contributed by atoms with Gasteiger partial charge in [-0.15, -0.1) is 0 Å². The van der Waals surface area contributed by atoms with Crippen molar-refractivity contribution in [3.05, 3.63) is 34.1 Å². The minimum atomic E-state index is -0.642. The summed E-state index contributed by atoms with van der Waals surface area (Å²) in [5, 5.41) is 10.6. The predicted molar refractivity (Wildman–Crippen MR) is 80.5 cm³/mol. The Hall–Kier alpha value is -0.490. The van der Waals surface area contributed by atoms with Crippen LogP contribution in [-0.4, -0.2) is 30.5 Å². The van der Waals surface area contributed by atoms with Crippen molar-refractivity contribution in [1.82, 2.24) is 0 Å². The molecule has 0 saturated carbocycles. The first-order valence-corrected chi connectivity index (χ1v) is 8.24. The molecule has 1 aromatic carbocycles. The zero-order valence-electron chi connectivity index (χ0n) is 11.9. The van der Waals surface area contributed by atoms with Crippen LogP contribution in [-0.2, 0) is 9.47 Å². The molecule has 2 heterocycles. The summed E-state index contributed by atoms with van der Waals surface area (Å²) >= 11 is 3.14. The molecule has 2 unspecified atom stereocenters. The third-order valence-corrected chi connectivity index (χ3v) is 5.31. The molecule has 3 nitrogen and oxygen atoms in total. The number of hydrogen-bond acceptors (Lipinski definition) is 3. The van der Waals surface area contributed by atoms with Gasteiger partial charge in [0.2, 0.25) is 0 Å². The number of aliphatic hydroxyl groups excluding tert-OH is 1. The van der Waals surface area contributed by atoms with Crippen LogP contribution in [0.5, 0.6) is 0 Å². The normalized spacial score (nSPS) is 26.7. The van der Waals surface area contributed by atoms with E-state index in [1.54, 1.807) is 12.1 Å². The van der Waals surface area contributed by atoms with Crippen molar-refractivity contribution in [2.24, 2.45) is 5.92 Å². The minimum Gasteiger partial charge on any atom is -0.388 e. The van der Waals surface area contributed by atoms with Crippen LogP contribution in [0.4, 0.5) is 4.39 Å². The lowest BCUT2D eigenvalue weighted by Crippen LogP contribution is -2.45. The molecule has 0 aromatic heterocycles. The summed E-state index contributed by atoms with van der Waals surface area (Å²) < 4.78 is 25.5. The minimum absolute atomic E-state index is 0.109. The number of hydrogen-bond donors (Lipinski definition) is 1. The molecule has 116 valence electrons. The SMILES string of the molecule is OC(c1ccc(Br)c(F)c1)C1CCOC2(CCOCC2)C1. The summed E-state index contributed by atoms with van der Waals surface area (Å²) in [6, 6.07) is 4.85. The van der Waals surface area contributed by atoms with Gasteiger partial charge in [-0.1, -0.05) is 6.07 Å². The quantitative estimate of drug-likeness (QED) is 0.877. The maximum absolute atomic E-state index is 13.7. The second-order valence-corrected chi connectivity index (χ2v) is 6.87. The average molecular weight is 359 g/mol. The zero-order chi connectivity index (χ0) is 14.9. The highest BCUT2D eigenvalue weighted by molar-refractivity contribution is 9.10. The molecule has 2 saturated heterocycles. The molecule has 0 radical (unpaired) electrons. The van der Waals surface area contributed by atoms with Crippen molar-refractivity contribution in [2.75, 3.05) is 19.8 Å². The van der Waals surface area contributed by atoms with Gasteiger partial charge < -0.3 is 14.6 Å². The third kappa shape index (κ3) is 3.31. The van der Waals surface area contributed by atoms with Crippen LogP contribution in [0.25, 0.3) is 0 Å². The summed E-state index contributed by atoms with van der Waals surface area (Å²) in [5.41, 5.74) is 0.487. The summed E-state index contributed by atoms with van der Waals surface area (Å²) in [7, 11) is 0. The van der Waals surface area contributed by atoms with Gasteiger partial charge in [0.15, 0.2) is 0 Å². The van der Waals surface area contributed by atoms with Crippen LogP contribution in [0.2, 0.25) is 0 Å². The summed E-state index contributed by atoms with van der Waals surface area (Å²) in [4.78, 5) is 0. The van der Waals surface area contributed by atoms with E-state index in [1.807, 2.05) is 0 Å². The van der Waals surface area contributed by atoms with E-state index in [0.29, 0.717) is 16.6 Å². The van der Waals surface area contributed by atoms with E-state index < -0.39 is 6.10 Å². The maximum atomic E-state index is 13.7. The number of benzene rings is 1. The fourth-order valence-corrected chi connectivity index (χ4v) is 3.64. The first-order chi connectivity index (χ1) is 10.1. The molecule has 2 fully saturated rings. The van der Waals surface area contributed by atoms with Crippen molar-refractivity contribution >= 4 is 15.9 Å². The van der Waals surface area contributed by atoms with Crippen LogP contribution in [0.1, 0.15) is 37.4 Å². The Labute approximate surface area is 132 Å². The Morgan fingerprint density at radius 1 is 1.29 bits per heavy atom. The van der Waals surface area contributed by atoms with Crippen LogP contribution in [0.15, 0.2) is 22.7 Å². The third-order valence-electron chi connectivity index (χ3n) is 4.67. The Kier molecular flexibility index (Phi) is 4.64. The first-order valence-electron chi connectivity index (χ1n) is 7.44. The summed E-state index contributed by atoms with van der Waals surface area (Å²) in [5.74, 6) is -0.225. The summed E-state index contributed by atoms with van der Waals surface area (Å²) in [6.45, 7) is 2.09. The molecule has 2 aliphatic rings. The fraction of sp³-hybridized carbons (Fsp3) is 0.625. The number of rotatable bonds is 2. The number of ether oxygens (including phenoxy) is 2. The predicted octanol–water partition coefficient (Wildman–Crippen LogP) is 3.60. The van der Waals surface area contributed by atoms with E-state index in [1.165, 1.54) is 6.07 Å². The molecule has 2 atom stereocenters. The standard InChI is InChI=1S/C16H20BrFO3/c17-13-2-1-11(9-14(13)18)15(19)12-3-6-21-16(10-12)4-7-20-8-5-16/h1-2,9,12,15,19H,3-8,10H2. The molecular formula is C16H20BrFO3. The molecule has 2 aliphatic heterocycles. The van der Waals surface area contributed by atoms with Crippen molar-refractivity contribution in [2.45, 2.75) is 37.4 Å². The molecule has 5 heteroatoms. The monoisotopic (exact) mass is 358 g/mol. The first kappa shape index (κ1) is 15.4. The van der Waals surface area contributed by atoms with Gasteiger partial charge in [-0.05, 0) is 65.2 Å². The van der Waals surface area contributed by atoms with Gasteiger partial charge >= 0.3 is 0 Å². The molecule has 1 aromatic rings. The molecule has 3 rings (SSSR count). The van der Waals surface area contributed by atoms with Crippen LogP contribution in [0.3, 0.4) is 0 Å². The Bertz CT molecular complexity index is 497. The van der Waals surface area contributed by atoms with Crippen LogP contribution < -0.4 is 0 Å². The molecule has 0 amide bonds. The zero-order valence-corrected chi connectivity index (χ0v) is 13.4. The van der Waals surface area contributed by atoms with E-state index >= 15 is 0 Å². The number of halogens is 2. The van der Waals surface area contributed by atoms with Gasteiger partial charge in [-0.2, -0.15) is 0 Å². The van der Waals surface area contributed by atoms with Gasteiger partial charge in [-0.25, -0.2) is 4.39 Å². The fourth-order valence-electron chi connectivity index (χ4n) is 3.40. The molecular weight excluding hydrogens is 339 g/mol. The molecule has 21 heavy (non-hydrogen) atoms. The van der Waals surface area contributed by atoms with Crippen molar-refractivity contribution in [1.29, 1.82) is 0 Å². The van der Waals surface area contributed by atoms with Gasteiger partial charge in [0, 0.05) is 19.8 Å². The van der Waals surface area contributed by atoms with Gasteiger partial charge in [0.05, 0.1) is 16.2 Å². The van der Waals surface area contributed by atoms with Crippen LogP contribution in [0, 0.1) is 11.7 Å². The van der Waals surface area contributed by atoms with E-state index in [4.69, 9.17) is 9.47 Å². The van der Waals surface area contributed by atoms with Crippen molar-refractivity contribution in [3.63, 3.8) is 0 Å². The highest BCUT2D eigenvalue weighted by atomic mass is 79.9. The molecule has 0 bridgehead atoms. The smallest absolute Gasteiger partial charge is 0.137 e. The molecule has 1 spiro atoms. The van der Waals surface area contributed by atoms with Gasteiger partial charge in [-0.3, -0.25) is 0 Å². The average Bonchev–Trinajstić information content (AvgIpc) is 2.50. The van der Waals surface area contributed by atoms with Crippen LogP contribution >= 0.6 is 15.9 Å². The lowest BCUT2D eigenvalue weighted by atomic mass is 9.77. The van der Waals surface area contributed by atoms with E-state index in [-0.39, 0.29) is 17.3 Å². The Morgan fingerprint density at radius 2 is 2.05 bits per heavy atom. The Morgan fingerprint density at radius 3 is 2.76 bits per heavy atom. The highest BCUT2D eigenvalue weighted by Gasteiger charge is 2.41. The van der Waals surface area contributed by atoms with Crippen molar-refractivity contribution in [3.8, 4) is 0 Å². The Balaban J connectivity index is 1.74. The second kappa shape index (κ2) is 6.32. The van der Waals surface area contributed by atoms with E-state index in [9.17, 15) is 9.50 Å².